The fourth-order valence-corrected chi connectivity index (χ4v) is 2.64. The molecule has 0 bridgehead atoms. The van der Waals surface area contributed by atoms with E-state index in [0.717, 1.165) is 5.30 Å². The van der Waals surface area contributed by atoms with Gasteiger partial charge in [0, 0.05) is 0 Å². The molecule has 1 aromatic carbocycles. The second-order valence-electron chi connectivity index (χ2n) is 2.00. The van der Waals surface area contributed by atoms with E-state index in [2.05, 4.69) is 36.7 Å². The summed E-state index contributed by atoms with van der Waals surface area (Å²) in [6.45, 7) is 0. The van der Waals surface area contributed by atoms with Crippen LogP contribution in [0.5, 0.6) is 0 Å². The fourth-order valence-electron chi connectivity index (χ4n) is 0.662. The van der Waals surface area contributed by atoms with Crippen LogP contribution in [0.4, 0.5) is 0 Å². The van der Waals surface area contributed by atoms with Crippen molar-refractivity contribution in [2.45, 2.75) is 0 Å². The molecule has 10 heavy (non-hydrogen) atoms. The number of rotatable bonds is 1. The average Bonchev–Trinajstić information content (AvgIpc) is 1.88. The van der Waals surface area contributed by atoms with Crippen LogP contribution in [0, 0.1) is 0 Å². The molecule has 0 N–H and O–H groups in total. The second-order valence-corrected chi connectivity index (χ2v) is 13.1. The van der Waals surface area contributed by atoms with Crippen molar-refractivity contribution >= 4 is 46.9 Å². The predicted molar refractivity (Wildman–Crippen MR) is 61.3 cm³/mol. The molecule has 0 atom stereocenters. The number of thiol groups is 3. The van der Waals surface area contributed by atoms with Gasteiger partial charge in [0.1, 0.15) is 0 Å². The van der Waals surface area contributed by atoms with E-state index >= 15 is 0 Å². The molecule has 1 aromatic rings. The molecule has 0 spiro atoms. The van der Waals surface area contributed by atoms with Crippen LogP contribution in [-0.2, 0) is 0 Å². The Labute approximate surface area is 77.2 Å². The van der Waals surface area contributed by atoms with Crippen LogP contribution in [0.2, 0.25) is 0 Å². The minimum atomic E-state index is -1.95. The van der Waals surface area contributed by atoms with Crippen molar-refractivity contribution in [1.82, 2.24) is 0 Å². The average molecular weight is 208 g/mol. The number of hydrogen-bond acceptors (Lipinski definition) is 3. The third kappa shape index (κ3) is 2.39. The topological polar surface area (TPSA) is 0 Å². The number of hydrogen-bond donors (Lipinski definition) is 3. The van der Waals surface area contributed by atoms with E-state index in [1.54, 1.807) is 0 Å². The van der Waals surface area contributed by atoms with Crippen LogP contribution < -0.4 is 5.30 Å². The Morgan fingerprint density at radius 1 is 0.900 bits per heavy atom. The Hall–Kier alpha value is 0.700. The first-order valence-electron chi connectivity index (χ1n) is 2.83. The van der Waals surface area contributed by atoms with Gasteiger partial charge >= 0.3 is 77.3 Å². The zero-order chi connectivity index (χ0) is 7.61. The fraction of sp³-hybridized carbons (Fsp3) is 0. The normalized spacial score (nSPS) is 13.1. The number of benzene rings is 1. The van der Waals surface area contributed by atoms with E-state index in [9.17, 15) is 0 Å². The van der Waals surface area contributed by atoms with Crippen molar-refractivity contribution in [3.63, 3.8) is 0 Å². The Balaban J connectivity index is 2.97. The quantitative estimate of drug-likeness (QED) is 0.458. The van der Waals surface area contributed by atoms with Crippen LogP contribution >= 0.6 is 41.6 Å². The molecule has 0 saturated heterocycles. The van der Waals surface area contributed by atoms with Gasteiger partial charge in [-0.25, -0.2) is 0 Å². The van der Waals surface area contributed by atoms with E-state index in [4.69, 9.17) is 0 Å². The predicted octanol–water partition coefficient (Wildman–Crippen LogP) is 2.60. The van der Waals surface area contributed by atoms with E-state index in [1.807, 2.05) is 30.3 Å². The summed E-state index contributed by atoms with van der Waals surface area (Å²) in [5.41, 5.74) is 0. The summed E-state index contributed by atoms with van der Waals surface area (Å²) in [5.74, 6) is 0. The van der Waals surface area contributed by atoms with Crippen molar-refractivity contribution in [3.05, 3.63) is 30.3 Å². The van der Waals surface area contributed by atoms with Gasteiger partial charge in [-0.05, 0) is 0 Å². The van der Waals surface area contributed by atoms with E-state index in [1.165, 1.54) is 0 Å². The van der Waals surface area contributed by atoms with E-state index in [0.29, 0.717) is 0 Å². The molecule has 0 saturated carbocycles. The van der Waals surface area contributed by atoms with Gasteiger partial charge < -0.3 is 0 Å². The molecule has 0 unspecified atom stereocenters. The molecule has 0 aromatic heterocycles. The third-order valence-electron chi connectivity index (χ3n) is 1.16. The van der Waals surface area contributed by atoms with Crippen LogP contribution in [-0.4, -0.2) is 0 Å². The molecule has 0 aliphatic carbocycles. The summed E-state index contributed by atoms with van der Waals surface area (Å²) in [6.07, 6.45) is 0. The summed E-state index contributed by atoms with van der Waals surface area (Å²) in [4.78, 5) is -1.95. The Bertz CT molecular complexity index is 204. The molecule has 56 valence electrons. The maximum atomic E-state index is 4.31. The van der Waals surface area contributed by atoms with Crippen molar-refractivity contribution in [1.29, 1.82) is 0 Å². The summed E-state index contributed by atoms with van der Waals surface area (Å²) in [6, 6.07) is 9.91. The van der Waals surface area contributed by atoms with Gasteiger partial charge in [0.2, 0.25) is 0 Å². The summed E-state index contributed by atoms with van der Waals surface area (Å²) in [5, 5.41) is 1.13. The van der Waals surface area contributed by atoms with E-state index < -0.39 is 4.87 Å². The monoisotopic (exact) mass is 208 g/mol. The molecule has 0 radical (unpaired) electrons. The molecule has 0 aliphatic rings. The molecule has 0 fully saturated rings. The minimum absolute atomic E-state index is 1.13. The second kappa shape index (κ2) is 3.40. The molecule has 1 rings (SSSR count). The molecule has 0 heterocycles. The van der Waals surface area contributed by atoms with Gasteiger partial charge in [-0.15, -0.1) is 0 Å². The first kappa shape index (κ1) is 8.79. The van der Waals surface area contributed by atoms with Gasteiger partial charge in [0.15, 0.2) is 0 Å². The molecule has 0 amide bonds. The Morgan fingerprint density at radius 3 is 1.70 bits per heavy atom. The van der Waals surface area contributed by atoms with Crippen molar-refractivity contribution in [2.24, 2.45) is 0 Å². The van der Waals surface area contributed by atoms with Gasteiger partial charge in [0.05, 0.1) is 0 Å². The van der Waals surface area contributed by atoms with E-state index in [-0.39, 0.29) is 0 Å². The first-order valence-corrected chi connectivity index (χ1v) is 8.70. The SMILES string of the molecule is S[PH](S)(S)c1ccccc1. The summed E-state index contributed by atoms with van der Waals surface area (Å²) >= 11 is 12.9. The Kier molecular flexibility index (Phi) is 2.99. The van der Waals surface area contributed by atoms with Gasteiger partial charge in [0.25, 0.3) is 0 Å². The Morgan fingerprint density at radius 2 is 1.40 bits per heavy atom. The molecule has 4 heteroatoms. The van der Waals surface area contributed by atoms with Crippen LogP contribution in [0.15, 0.2) is 30.3 Å². The van der Waals surface area contributed by atoms with Crippen LogP contribution in [0.1, 0.15) is 0 Å². The van der Waals surface area contributed by atoms with Gasteiger partial charge in [-0.2, -0.15) is 0 Å². The third-order valence-corrected chi connectivity index (χ3v) is 4.59. The summed E-state index contributed by atoms with van der Waals surface area (Å²) < 4.78 is 0. The van der Waals surface area contributed by atoms with Gasteiger partial charge in [-0.1, -0.05) is 0 Å². The zero-order valence-corrected chi connectivity index (χ0v) is 8.91. The maximum absolute atomic E-state index is 4.31. The van der Waals surface area contributed by atoms with Crippen LogP contribution in [0.25, 0.3) is 0 Å². The molecular formula is C6H9PS3. The standard InChI is InChI=1S/C6H9PS3/c8-7(9,10)6-4-2-1-3-5-6/h1-5,7-10H. The summed E-state index contributed by atoms with van der Waals surface area (Å²) in [7, 11) is 0. The van der Waals surface area contributed by atoms with Crippen LogP contribution in [0.3, 0.4) is 0 Å². The molecule has 0 aliphatic heterocycles. The zero-order valence-electron chi connectivity index (χ0n) is 5.23. The molecular weight excluding hydrogens is 199 g/mol. The first-order chi connectivity index (χ1) is 4.61. The van der Waals surface area contributed by atoms with Crippen molar-refractivity contribution in [2.75, 3.05) is 0 Å². The van der Waals surface area contributed by atoms with Crippen molar-refractivity contribution < 1.29 is 0 Å². The molecule has 0 nitrogen and oxygen atoms in total. The van der Waals surface area contributed by atoms with Crippen molar-refractivity contribution in [3.8, 4) is 0 Å². The van der Waals surface area contributed by atoms with Gasteiger partial charge in [-0.3, -0.25) is 0 Å².